The summed E-state index contributed by atoms with van der Waals surface area (Å²) in [5.41, 5.74) is 2.67. The molecule has 174 valence electrons. The van der Waals surface area contributed by atoms with Crippen LogP contribution in [-0.4, -0.2) is 31.4 Å². The third-order valence-electron chi connectivity index (χ3n) is 5.04. The largest absolute Gasteiger partial charge is 0.481 e. The van der Waals surface area contributed by atoms with E-state index in [0.717, 1.165) is 12.0 Å². The molecule has 2 N–H and O–H groups in total. The number of methoxy groups -OCH3 is 1. The molecule has 0 spiro atoms. The third-order valence-corrected chi connectivity index (χ3v) is 6.41. The minimum absolute atomic E-state index is 0.0341. The van der Waals surface area contributed by atoms with E-state index < -0.39 is 10.0 Å². The van der Waals surface area contributed by atoms with Gasteiger partial charge in [0.05, 0.1) is 17.9 Å². The van der Waals surface area contributed by atoms with Crippen LogP contribution in [0.2, 0.25) is 0 Å². The molecule has 1 unspecified atom stereocenters. The zero-order valence-corrected chi connectivity index (χ0v) is 19.9. The van der Waals surface area contributed by atoms with Crippen LogP contribution >= 0.6 is 0 Å². The number of nitrogens with one attached hydrogen (secondary N) is 2. The number of amides is 1. The summed E-state index contributed by atoms with van der Waals surface area (Å²) in [5, 5.41) is 2.84. The molecule has 0 radical (unpaired) electrons. The maximum absolute atomic E-state index is 12.7. The van der Waals surface area contributed by atoms with Crippen molar-refractivity contribution in [2.24, 2.45) is 5.92 Å². The molecule has 3 rings (SSSR count). The van der Waals surface area contributed by atoms with E-state index >= 15 is 0 Å². The number of hydrogen-bond donors (Lipinski definition) is 2. The summed E-state index contributed by atoms with van der Waals surface area (Å²) < 4.78 is 32.6. The monoisotopic (exact) mass is 468 g/mol. The van der Waals surface area contributed by atoms with E-state index in [1.807, 2.05) is 19.1 Å². The highest BCUT2D eigenvalue weighted by molar-refractivity contribution is 7.92. The summed E-state index contributed by atoms with van der Waals surface area (Å²) in [6.45, 7) is 6.18. The van der Waals surface area contributed by atoms with Gasteiger partial charge < -0.3 is 10.1 Å². The number of carbonyl (C=O) groups excluding carboxylic acids is 1. The fourth-order valence-corrected chi connectivity index (χ4v) is 4.24. The second-order valence-corrected chi connectivity index (χ2v) is 9.81. The molecule has 1 atom stereocenters. The molecule has 0 saturated carbocycles. The highest BCUT2D eigenvalue weighted by atomic mass is 32.2. The Labute approximate surface area is 194 Å². The van der Waals surface area contributed by atoms with Crippen molar-refractivity contribution in [2.75, 3.05) is 17.1 Å². The number of benzene rings is 2. The zero-order valence-electron chi connectivity index (χ0n) is 19.1. The highest BCUT2D eigenvalue weighted by Gasteiger charge is 2.18. The quantitative estimate of drug-likeness (QED) is 0.486. The van der Waals surface area contributed by atoms with Crippen molar-refractivity contribution in [3.8, 4) is 5.88 Å². The van der Waals surface area contributed by atoms with Crippen LogP contribution in [0.15, 0.2) is 65.8 Å². The van der Waals surface area contributed by atoms with Crippen molar-refractivity contribution in [3.63, 3.8) is 0 Å². The molecule has 2 aromatic carbocycles. The molecule has 0 fully saturated rings. The van der Waals surface area contributed by atoms with Crippen LogP contribution < -0.4 is 14.8 Å². The summed E-state index contributed by atoms with van der Waals surface area (Å²) in [7, 11) is -2.44. The van der Waals surface area contributed by atoms with Crippen LogP contribution in [0.4, 0.5) is 11.5 Å². The molecule has 3 aromatic rings. The number of carbonyl (C=O) groups is 1. The van der Waals surface area contributed by atoms with Crippen molar-refractivity contribution < 1.29 is 17.9 Å². The van der Waals surface area contributed by atoms with Gasteiger partial charge in [0, 0.05) is 11.8 Å². The first-order valence-corrected chi connectivity index (χ1v) is 12.0. The van der Waals surface area contributed by atoms with Crippen LogP contribution in [0.3, 0.4) is 0 Å². The molecule has 1 aromatic heterocycles. The van der Waals surface area contributed by atoms with Crippen molar-refractivity contribution in [3.05, 3.63) is 72.1 Å². The summed E-state index contributed by atoms with van der Waals surface area (Å²) in [6, 6.07) is 15.4. The first kappa shape index (κ1) is 24.2. The molecule has 8 nitrogen and oxygen atoms in total. The average molecular weight is 469 g/mol. The molecule has 33 heavy (non-hydrogen) atoms. The van der Waals surface area contributed by atoms with Gasteiger partial charge in [-0.15, -0.1) is 0 Å². The Hall–Kier alpha value is -3.46. The first-order valence-electron chi connectivity index (χ1n) is 10.6. The standard InChI is InChI=1S/C24H28N4O4S/c1-16(2)13-18-5-7-19(8-6-18)17(3)24(29)27-20-9-11-21(12-10-20)33(30,31)28-22-14-23(32-4)26-15-25-22/h5-12,14-17H,13H2,1-4H3,(H,27,29)(H,25,26,28). The Balaban J connectivity index is 1.65. The number of sulfonamides is 1. The lowest BCUT2D eigenvalue weighted by molar-refractivity contribution is -0.117. The number of nitrogens with zero attached hydrogens (tertiary/aromatic N) is 2. The van der Waals surface area contributed by atoms with Gasteiger partial charge in [0.25, 0.3) is 10.0 Å². The Bertz CT molecular complexity index is 1190. The van der Waals surface area contributed by atoms with Gasteiger partial charge in [-0.3, -0.25) is 9.52 Å². The molecule has 1 amide bonds. The summed E-state index contributed by atoms with van der Waals surface area (Å²) in [5.74, 6) is 0.378. The molecule has 9 heteroatoms. The lowest BCUT2D eigenvalue weighted by atomic mass is 9.96. The topological polar surface area (TPSA) is 110 Å². The third kappa shape index (κ3) is 6.52. The normalized spacial score (nSPS) is 12.3. The number of anilines is 2. The van der Waals surface area contributed by atoms with Gasteiger partial charge in [-0.05, 0) is 54.7 Å². The van der Waals surface area contributed by atoms with Crippen molar-refractivity contribution in [1.82, 2.24) is 9.97 Å². The number of ether oxygens (including phenoxy) is 1. The second-order valence-electron chi connectivity index (χ2n) is 8.13. The first-order chi connectivity index (χ1) is 15.7. The lowest BCUT2D eigenvalue weighted by Gasteiger charge is -2.14. The van der Waals surface area contributed by atoms with Gasteiger partial charge in [-0.2, -0.15) is 0 Å². The fourth-order valence-electron chi connectivity index (χ4n) is 3.24. The predicted molar refractivity (Wildman–Crippen MR) is 128 cm³/mol. The summed E-state index contributed by atoms with van der Waals surface area (Å²) in [4.78, 5) is 20.5. The molecular formula is C24H28N4O4S. The minimum Gasteiger partial charge on any atom is -0.481 e. The van der Waals surface area contributed by atoms with Gasteiger partial charge in [0.15, 0.2) is 0 Å². The SMILES string of the molecule is COc1cc(NS(=O)(=O)c2ccc(NC(=O)C(C)c3ccc(CC(C)C)cc3)cc2)ncn1. The Morgan fingerprint density at radius 3 is 2.27 bits per heavy atom. The van der Waals surface area contributed by atoms with Gasteiger partial charge >= 0.3 is 0 Å². The van der Waals surface area contributed by atoms with Crippen molar-refractivity contribution in [2.45, 2.75) is 38.0 Å². The van der Waals surface area contributed by atoms with E-state index in [9.17, 15) is 13.2 Å². The van der Waals surface area contributed by atoms with Gasteiger partial charge in [0.1, 0.15) is 12.1 Å². The van der Waals surface area contributed by atoms with E-state index in [0.29, 0.717) is 11.6 Å². The number of hydrogen-bond acceptors (Lipinski definition) is 6. The predicted octanol–water partition coefficient (Wildman–Crippen LogP) is 4.23. The van der Waals surface area contributed by atoms with Crippen molar-refractivity contribution in [1.29, 1.82) is 0 Å². The maximum Gasteiger partial charge on any atom is 0.263 e. The zero-order chi connectivity index (χ0) is 24.0. The van der Waals surface area contributed by atoms with E-state index in [-0.39, 0.29) is 28.4 Å². The Morgan fingerprint density at radius 1 is 1.00 bits per heavy atom. The number of aromatic nitrogens is 2. The van der Waals surface area contributed by atoms with E-state index in [1.54, 1.807) is 12.1 Å². The lowest BCUT2D eigenvalue weighted by Crippen LogP contribution is -2.19. The average Bonchev–Trinajstić information content (AvgIpc) is 2.79. The molecule has 0 bridgehead atoms. The van der Waals surface area contributed by atoms with Crippen LogP contribution in [0.5, 0.6) is 5.88 Å². The van der Waals surface area contributed by atoms with Crippen LogP contribution in [0.1, 0.15) is 37.8 Å². The Kier molecular flexibility index (Phi) is 7.65. The summed E-state index contributed by atoms with van der Waals surface area (Å²) >= 11 is 0. The van der Waals surface area contributed by atoms with Crippen LogP contribution in [0.25, 0.3) is 0 Å². The second kappa shape index (κ2) is 10.4. The van der Waals surface area contributed by atoms with E-state index in [4.69, 9.17) is 4.74 Å². The molecule has 0 aliphatic heterocycles. The number of rotatable bonds is 9. The van der Waals surface area contributed by atoms with E-state index in [2.05, 4.69) is 46.0 Å². The van der Waals surface area contributed by atoms with Crippen LogP contribution in [-0.2, 0) is 21.2 Å². The maximum atomic E-state index is 12.7. The molecule has 1 heterocycles. The molecule has 0 aliphatic rings. The molecule has 0 saturated heterocycles. The van der Waals surface area contributed by atoms with Gasteiger partial charge in [0.2, 0.25) is 11.8 Å². The minimum atomic E-state index is -3.86. The van der Waals surface area contributed by atoms with Crippen molar-refractivity contribution >= 4 is 27.4 Å². The fraction of sp³-hybridized carbons (Fsp3) is 0.292. The smallest absolute Gasteiger partial charge is 0.263 e. The Morgan fingerprint density at radius 2 is 1.67 bits per heavy atom. The molecule has 0 aliphatic carbocycles. The van der Waals surface area contributed by atoms with Gasteiger partial charge in [-0.25, -0.2) is 18.4 Å². The van der Waals surface area contributed by atoms with Crippen LogP contribution in [0, 0.1) is 5.92 Å². The van der Waals surface area contributed by atoms with Gasteiger partial charge in [-0.1, -0.05) is 38.1 Å². The summed E-state index contributed by atoms with van der Waals surface area (Å²) in [6.07, 6.45) is 2.20. The highest BCUT2D eigenvalue weighted by Crippen LogP contribution is 2.22. The van der Waals surface area contributed by atoms with E-state index in [1.165, 1.54) is 37.2 Å². The molecular weight excluding hydrogens is 440 g/mol.